The van der Waals surface area contributed by atoms with Crippen molar-refractivity contribution >= 4 is 29.1 Å². The van der Waals surface area contributed by atoms with Crippen molar-refractivity contribution in [2.24, 2.45) is 5.92 Å². The zero-order chi connectivity index (χ0) is 20.3. The van der Waals surface area contributed by atoms with Gasteiger partial charge >= 0.3 is 11.8 Å². The summed E-state index contributed by atoms with van der Waals surface area (Å²) in [5, 5.41) is 2.48. The lowest BCUT2D eigenvalue weighted by atomic mass is 10.1. The molecule has 0 bridgehead atoms. The molecule has 0 saturated carbocycles. The van der Waals surface area contributed by atoms with Crippen LogP contribution in [0.1, 0.15) is 6.92 Å². The molecule has 1 heterocycles. The van der Waals surface area contributed by atoms with Crippen molar-refractivity contribution in [1.29, 1.82) is 0 Å². The molecule has 2 aromatic rings. The van der Waals surface area contributed by atoms with E-state index in [0.717, 1.165) is 12.1 Å². The number of nitrogens with one attached hydrogen (secondary N) is 1. The zero-order valence-corrected chi connectivity index (χ0v) is 15.2. The van der Waals surface area contributed by atoms with Crippen LogP contribution in [0.2, 0.25) is 0 Å². The van der Waals surface area contributed by atoms with Gasteiger partial charge in [0.25, 0.3) is 0 Å². The van der Waals surface area contributed by atoms with Gasteiger partial charge in [0.2, 0.25) is 5.91 Å². The van der Waals surface area contributed by atoms with Gasteiger partial charge in [0.1, 0.15) is 0 Å². The highest BCUT2D eigenvalue weighted by molar-refractivity contribution is 6.41. The maximum absolute atomic E-state index is 13.3. The number of rotatable bonds is 5. The second-order valence-corrected chi connectivity index (χ2v) is 6.56. The maximum atomic E-state index is 13.3. The molecule has 0 spiro atoms. The van der Waals surface area contributed by atoms with Gasteiger partial charge in [0.15, 0.2) is 11.6 Å². The summed E-state index contributed by atoms with van der Waals surface area (Å²) < 4.78 is 26.2. The number of carbonyl (C=O) groups is 3. The van der Waals surface area contributed by atoms with Crippen LogP contribution < -0.4 is 10.2 Å². The summed E-state index contributed by atoms with van der Waals surface area (Å²) in [4.78, 5) is 39.9. The SMILES string of the molecule is CC(CN1CCN(c2ccccc2)C(=O)C1=O)C(=O)Nc1ccc(F)c(F)c1. The first-order chi connectivity index (χ1) is 13.4. The molecule has 146 valence electrons. The zero-order valence-electron chi connectivity index (χ0n) is 15.2. The summed E-state index contributed by atoms with van der Waals surface area (Å²) in [6.45, 7) is 2.26. The first kappa shape index (κ1) is 19.5. The van der Waals surface area contributed by atoms with E-state index in [1.54, 1.807) is 31.2 Å². The van der Waals surface area contributed by atoms with E-state index in [0.29, 0.717) is 18.8 Å². The van der Waals surface area contributed by atoms with Gasteiger partial charge in [0.05, 0.1) is 5.92 Å². The van der Waals surface area contributed by atoms with Crippen molar-refractivity contribution in [1.82, 2.24) is 4.90 Å². The van der Waals surface area contributed by atoms with Crippen molar-refractivity contribution in [3.05, 3.63) is 60.2 Å². The molecular weight excluding hydrogens is 368 g/mol. The highest BCUT2D eigenvalue weighted by Gasteiger charge is 2.34. The number of piperazine rings is 1. The molecule has 1 atom stereocenters. The Balaban J connectivity index is 1.60. The maximum Gasteiger partial charge on any atom is 0.316 e. The number of carbonyl (C=O) groups excluding carboxylic acids is 3. The minimum Gasteiger partial charge on any atom is -0.332 e. The van der Waals surface area contributed by atoms with Gasteiger partial charge in [0, 0.05) is 37.1 Å². The van der Waals surface area contributed by atoms with E-state index in [1.165, 1.54) is 15.9 Å². The van der Waals surface area contributed by atoms with Crippen molar-refractivity contribution in [3.63, 3.8) is 0 Å². The number of hydrogen-bond donors (Lipinski definition) is 1. The van der Waals surface area contributed by atoms with Crippen LogP contribution in [-0.4, -0.2) is 42.3 Å². The highest BCUT2D eigenvalue weighted by Crippen LogP contribution is 2.19. The largest absolute Gasteiger partial charge is 0.332 e. The molecule has 1 N–H and O–H groups in total. The Bertz CT molecular complexity index is 905. The number of hydrogen-bond acceptors (Lipinski definition) is 3. The number of amides is 3. The van der Waals surface area contributed by atoms with Gasteiger partial charge in [-0.15, -0.1) is 0 Å². The van der Waals surface area contributed by atoms with E-state index in [2.05, 4.69) is 5.32 Å². The van der Waals surface area contributed by atoms with Crippen LogP contribution in [0, 0.1) is 17.6 Å². The lowest BCUT2D eigenvalue weighted by molar-refractivity contribution is -0.147. The monoisotopic (exact) mass is 387 g/mol. The Labute approximate surface area is 160 Å². The average molecular weight is 387 g/mol. The summed E-state index contributed by atoms with van der Waals surface area (Å²) in [7, 11) is 0. The minimum atomic E-state index is -1.07. The van der Waals surface area contributed by atoms with Gasteiger partial charge in [-0.3, -0.25) is 14.4 Å². The van der Waals surface area contributed by atoms with Gasteiger partial charge in [-0.25, -0.2) is 8.78 Å². The fraction of sp³-hybridized carbons (Fsp3) is 0.250. The summed E-state index contributed by atoms with van der Waals surface area (Å²) in [5.41, 5.74) is 0.761. The lowest BCUT2D eigenvalue weighted by Gasteiger charge is -2.34. The second kappa shape index (κ2) is 8.16. The van der Waals surface area contributed by atoms with Crippen LogP contribution in [0.4, 0.5) is 20.2 Å². The van der Waals surface area contributed by atoms with Crippen molar-refractivity contribution < 1.29 is 23.2 Å². The predicted octanol–water partition coefficient (Wildman–Crippen LogP) is 2.41. The van der Waals surface area contributed by atoms with E-state index >= 15 is 0 Å². The second-order valence-electron chi connectivity index (χ2n) is 6.56. The molecule has 1 aliphatic rings. The van der Waals surface area contributed by atoms with E-state index in [1.807, 2.05) is 6.07 Å². The molecule has 0 aromatic heterocycles. The molecule has 3 amide bonds. The fourth-order valence-electron chi connectivity index (χ4n) is 2.96. The van der Waals surface area contributed by atoms with Crippen molar-refractivity contribution in [3.8, 4) is 0 Å². The van der Waals surface area contributed by atoms with Crippen LogP contribution in [0.15, 0.2) is 48.5 Å². The number of anilines is 2. The van der Waals surface area contributed by atoms with Crippen LogP contribution in [-0.2, 0) is 14.4 Å². The molecule has 0 radical (unpaired) electrons. The highest BCUT2D eigenvalue weighted by atomic mass is 19.2. The van der Waals surface area contributed by atoms with Crippen molar-refractivity contribution in [2.45, 2.75) is 6.92 Å². The number of benzene rings is 2. The third-order valence-corrected chi connectivity index (χ3v) is 4.51. The van der Waals surface area contributed by atoms with Gasteiger partial charge in [-0.05, 0) is 24.3 Å². The first-order valence-electron chi connectivity index (χ1n) is 8.78. The predicted molar refractivity (Wildman–Crippen MR) is 99.5 cm³/mol. The van der Waals surface area contributed by atoms with E-state index in [4.69, 9.17) is 0 Å². The van der Waals surface area contributed by atoms with Crippen LogP contribution in [0.25, 0.3) is 0 Å². The molecule has 1 fully saturated rings. The third kappa shape index (κ3) is 4.16. The molecule has 1 unspecified atom stereocenters. The van der Waals surface area contributed by atoms with Crippen molar-refractivity contribution in [2.75, 3.05) is 29.9 Å². The quantitative estimate of drug-likeness (QED) is 0.801. The van der Waals surface area contributed by atoms with Crippen LogP contribution >= 0.6 is 0 Å². The minimum absolute atomic E-state index is 0.0444. The fourth-order valence-corrected chi connectivity index (χ4v) is 2.96. The number of para-hydroxylation sites is 1. The molecule has 6 nitrogen and oxygen atoms in total. The Hall–Kier alpha value is -3.29. The Kier molecular flexibility index (Phi) is 5.67. The summed E-state index contributed by atoms with van der Waals surface area (Å²) in [5.74, 6) is -4.51. The molecule has 1 saturated heterocycles. The smallest absolute Gasteiger partial charge is 0.316 e. The van der Waals surface area contributed by atoms with Gasteiger partial charge in [-0.2, -0.15) is 0 Å². The molecular formula is C20H19F2N3O3. The van der Waals surface area contributed by atoms with Gasteiger partial charge < -0.3 is 15.1 Å². The first-order valence-corrected chi connectivity index (χ1v) is 8.78. The standard InChI is InChI=1S/C20H19F2N3O3/c1-13(18(26)23-14-7-8-16(21)17(22)11-14)12-24-9-10-25(20(28)19(24)27)15-5-3-2-4-6-15/h2-8,11,13H,9-10,12H2,1H3,(H,23,26). The molecule has 0 aliphatic carbocycles. The summed E-state index contributed by atoms with van der Waals surface area (Å²) in [6, 6.07) is 11.9. The molecule has 1 aliphatic heterocycles. The number of halogens is 2. The molecule has 2 aromatic carbocycles. The molecule has 28 heavy (non-hydrogen) atoms. The average Bonchev–Trinajstić information content (AvgIpc) is 2.69. The normalized spacial score (nSPS) is 15.5. The Morgan fingerprint density at radius 2 is 1.75 bits per heavy atom. The topological polar surface area (TPSA) is 69.7 Å². The van der Waals surface area contributed by atoms with Crippen LogP contribution in [0.5, 0.6) is 0 Å². The van der Waals surface area contributed by atoms with E-state index in [-0.39, 0.29) is 12.2 Å². The Morgan fingerprint density at radius 1 is 1.04 bits per heavy atom. The summed E-state index contributed by atoms with van der Waals surface area (Å²) in [6.07, 6.45) is 0. The molecule has 8 heteroatoms. The third-order valence-electron chi connectivity index (χ3n) is 4.51. The van der Waals surface area contributed by atoms with E-state index in [9.17, 15) is 23.2 Å². The number of nitrogens with zero attached hydrogens (tertiary/aromatic N) is 2. The molecule has 3 rings (SSSR count). The van der Waals surface area contributed by atoms with E-state index < -0.39 is 35.3 Å². The summed E-state index contributed by atoms with van der Waals surface area (Å²) >= 11 is 0. The van der Waals surface area contributed by atoms with Gasteiger partial charge in [-0.1, -0.05) is 25.1 Å². The Morgan fingerprint density at radius 3 is 2.43 bits per heavy atom. The lowest BCUT2D eigenvalue weighted by Crippen LogP contribution is -2.55. The van der Waals surface area contributed by atoms with Crippen LogP contribution in [0.3, 0.4) is 0 Å².